The van der Waals surface area contributed by atoms with Gasteiger partial charge in [0.15, 0.2) is 12.4 Å². The summed E-state index contributed by atoms with van der Waals surface area (Å²) in [5.41, 5.74) is 1.35. The molecule has 0 atom stereocenters. The predicted molar refractivity (Wildman–Crippen MR) is 88.8 cm³/mol. The Bertz CT molecular complexity index is 628. The molecule has 2 heterocycles. The van der Waals surface area contributed by atoms with Crippen LogP contribution < -0.4 is 15.0 Å². The molecule has 1 fully saturated rings. The lowest BCUT2D eigenvalue weighted by atomic mass is 9.94. The van der Waals surface area contributed by atoms with Crippen molar-refractivity contribution >= 4 is 23.2 Å². The number of nitrogens with zero attached hydrogens (tertiary/aromatic N) is 2. The van der Waals surface area contributed by atoms with Crippen molar-refractivity contribution in [2.45, 2.75) is 20.8 Å². The highest BCUT2D eigenvalue weighted by atomic mass is 16.5. The zero-order valence-corrected chi connectivity index (χ0v) is 13.9. The van der Waals surface area contributed by atoms with Gasteiger partial charge in [0.25, 0.3) is 5.91 Å². The summed E-state index contributed by atoms with van der Waals surface area (Å²) in [7, 11) is 0. The van der Waals surface area contributed by atoms with Crippen LogP contribution in [-0.4, -0.2) is 49.5 Å². The predicted octanol–water partition coefficient (Wildman–Crippen LogP) is 1.71. The zero-order chi connectivity index (χ0) is 16.6. The number of carbonyl (C=O) groups excluding carboxylic acids is 2. The largest absolute Gasteiger partial charge is 0.479 e. The first kappa shape index (κ1) is 15.6. The van der Waals surface area contributed by atoms with E-state index >= 15 is 0 Å². The monoisotopic (exact) mass is 317 g/mol. The van der Waals surface area contributed by atoms with E-state index in [1.54, 1.807) is 0 Å². The second-order valence-corrected chi connectivity index (χ2v) is 7.02. The molecule has 6 nitrogen and oxygen atoms in total. The Kier molecular flexibility index (Phi) is 3.92. The molecule has 1 N–H and O–H groups in total. The highest BCUT2D eigenvalue weighted by Gasteiger charge is 2.31. The molecule has 0 aliphatic carbocycles. The summed E-state index contributed by atoms with van der Waals surface area (Å²) in [5, 5.41) is 2.83. The molecule has 0 bridgehead atoms. The third kappa shape index (κ3) is 3.11. The van der Waals surface area contributed by atoms with Crippen LogP contribution in [0.5, 0.6) is 5.75 Å². The van der Waals surface area contributed by atoms with E-state index in [1.807, 2.05) is 43.9 Å². The van der Waals surface area contributed by atoms with E-state index in [1.165, 1.54) is 0 Å². The molecule has 2 amide bonds. The second kappa shape index (κ2) is 5.76. The minimum atomic E-state index is -0.346. The number of hydrogen-bond donors (Lipinski definition) is 1. The molecule has 1 saturated heterocycles. The fourth-order valence-electron chi connectivity index (χ4n) is 2.97. The molecule has 1 aromatic carbocycles. The normalized spacial score (nSPS) is 18.1. The topological polar surface area (TPSA) is 61.9 Å². The van der Waals surface area contributed by atoms with Crippen molar-refractivity contribution in [2.24, 2.45) is 5.41 Å². The smallest absolute Gasteiger partial charge is 0.262 e. The van der Waals surface area contributed by atoms with E-state index in [2.05, 4.69) is 10.2 Å². The zero-order valence-electron chi connectivity index (χ0n) is 13.9. The Hall–Kier alpha value is -2.24. The number of fused-ring (bicyclic) bond motifs is 1. The standard InChI is InChI=1S/C17H23N3O3/c1-17(2,3)16(22)20-9-7-19(8-10-20)13-6-4-5-12-15(13)23-11-14(21)18-12/h4-6H,7-11H2,1-3H3,(H,18,21). The first-order chi connectivity index (χ1) is 10.9. The van der Waals surface area contributed by atoms with Gasteiger partial charge < -0.3 is 19.9 Å². The minimum absolute atomic E-state index is 0.0481. The Morgan fingerprint density at radius 1 is 1.17 bits per heavy atom. The van der Waals surface area contributed by atoms with Crippen molar-refractivity contribution in [1.82, 2.24) is 4.90 Å². The Labute approximate surface area is 136 Å². The van der Waals surface area contributed by atoms with Gasteiger partial charge in [-0.25, -0.2) is 0 Å². The fraction of sp³-hybridized carbons (Fsp3) is 0.529. The molecule has 23 heavy (non-hydrogen) atoms. The number of nitrogens with one attached hydrogen (secondary N) is 1. The average molecular weight is 317 g/mol. The van der Waals surface area contributed by atoms with E-state index in [0.717, 1.165) is 24.5 Å². The number of amides is 2. The van der Waals surface area contributed by atoms with E-state index < -0.39 is 0 Å². The van der Waals surface area contributed by atoms with Crippen molar-refractivity contribution in [3.63, 3.8) is 0 Å². The number of anilines is 2. The number of hydrogen-bond acceptors (Lipinski definition) is 4. The second-order valence-electron chi connectivity index (χ2n) is 7.02. The molecule has 0 spiro atoms. The van der Waals surface area contributed by atoms with Gasteiger partial charge in [-0.2, -0.15) is 0 Å². The summed E-state index contributed by atoms with van der Waals surface area (Å²) >= 11 is 0. The third-order valence-corrected chi connectivity index (χ3v) is 4.17. The van der Waals surface area contributed by atoms with Crippen LogP contribution in [0.4, 0.5) is 11.4 Å². The average Bonchev–Trinajstić information content (AvgIpc) is 2.52. The van der Waals surface area contributed by atoms with Gasteiger partial charge in [-0.15, -0.1) is 0 Å². The molecule has 0 radical (unpaired) electrons. The van der Waals surface area contributed by atoms with Gasteiger partial charge in [0.2, 0.25) is 5.91 Å². The molecule has 3 rings (SSSR count). The fourth-order valence-corrected chi connectivity index (χ4v) is 2.97. The molecule has 1 aromatic rings. The molecule has 0 saturated carbocycles. The summed E-state index contributed by atoms with van der Waals surface area (Å²) < 4.78 is 5.61. The maximum atomic E-state index is 12.4. The van der Waals surface area contributed by atoms with Gasteiger partial charge in [0.05, 0.1) is 11.4 Å². The molecular formula is C17H23N3O3. The molecule has 0 aromatic heterocycles. The summed E-state index contributed by atoms with van der Waals surface area (Å²) in [4.78, 5) is 27.9. The highest BCUT2D eigenvalue weighted by molar-refractivity contribution is 5.97. The number of para-hydroxylation sites is 1. The number of carbonyl (C=O) groups is 2. The molecule has 124 valence electrons. The van der Waals surface area contributed by atoms with E-state index in [0.29, 0.717) is 18.8 Å². The number of ether oxygens (including phenoxy) is 1. The van der Waals surface area contributed by atoms with E-state index in [4.69, 9.17) is 4.74 Å². The maximum absolute atomic E-state index is 12.4. The van der Waals surface area contributed by atoms with Gasteiger partial charge in [0.1, 0.15) is 0 Å². The highest BCUT2D eigenvalue weighted by Crippen LogP contribution is 2.38. The van der Waals surface area contributed by atoms with Crippen molar-refractivity contribution in [2.75, 3.05) is 43.0 Å². The van der Waals surface area contributed by atoms with Gasteiger partial charge >= 0.3 is 0 Å². The number of benzene rings is 1. The molecule has 6 heteroatoms. The van der Waals surface area contributed by atoms with Crippen molar-refractivity contribution in [1.29, 1.82) is 0 Å². The van der Waals surface area contributed by atoms with Crippen LogP contribution in [0, 0.1) is 5.41 Å². The lowest BCUT2D eigenvalue weighted by Crippen LogP contribution is -2.51. The van der Waals surface area contributed by atoms with Crippen LogP contribution in [-0.2, 0) is 9.59 Å². The van der Waals surface area contributed by atoms with Crippen LogP contribution in [0.1, 0.15) is 20.8 Å². The van der Waals surface area contributed by atoms with Crippen molar-refractivity contribution in [3.05, 3.63) is 18.2 Å². The van der Waals surface area contributed by atoms with Gasteiger partial charge in [-0.05, 0) is 12.1 Å². The maximum Gasteiger partial charge on any atom is 0.262 e. The SMILES string of the molecule is CC(C)(C)C(=O)N1CCN(c2cccc3c2OCC(=O)N3)CC1. The number of piperazine rings is 1. The third-order valence-electron chi connectivity index (χ3n) is 4.17. The molecule has 0 unspecified atom stereocenters. The molecule has 2 aliphatic heterocycles. The van der Waals surface area contributed by atoms with Crippen LogP contribution in [0.3, 0.4) is 0 Å². The minimum Gasteiger partial charge on any atom is -0.479 e. The Morgan fingerprint density at radius 2 is 1.87 bits per heavy atom. The summed E-state index contributed by atoms with van der Waals surface area (Å²) in [6.07, 6.45) is 0. The molecule has 2 aliphatic rings. The van der Waals surface area contributed by atoms with E-state index in [-0.39, 0.29) is 23.8 Å². The Morgan fingerprint density at radius 3 is 2.52 bits per heavy atom. The van der Waals surface area contributed by atoms with Crippen LogP contribution in [0.15, 0.2) is 18.2 Å². The van der Waals surface area contributed by atoms with Gasteiger partial charge in [0, 0.05) is 31.6 Å². The van der Waals surface area contributed by atoms with Crippen LogP contribution in [0.2, 0.25) is 0 Å². The molecular weight excluding hydrogens is 294 g/mol. The Balaban J connectivity index is 1.73. The van der Waals surface area contributed by atoms with E-state index in [9.17, 15) is 9.59 Å². The lowest BCUT2D eigenvalue weighted by molar-refractivity contribution is -0.139. The number of rotatable bonds is 1. The van der Waals surface area contributed by atoms with Gasteiger partial charge in [-0.3, -0.25) is 9.59 Å². The van der Waals surface area contributed by atoms with Crippen molar-refractivity contribution < 1.29 is 14.3 Å². The van der Waals surface area contributed by atoms with Crippen molar-refractivity contribution in [3.8, 4) is 5.75 Å². The van der Waals surface area contributed by atoms with Gasteiger partial charge in [-0.1, -0.05) is 26.8 Å². The first-order valence-corrected chi connectivity index (χ1v) is 7.96. The van der Waals surface area contributed by atoms with Crippen LogP contribution in [0.25, 0.3) is 0 Å². The summed E-state index contributed by atoms with van der Waals surface area (Å²) in [5.74, 6) is 0.786. The van der Waals surface area contributed by atoms with Crippen LogP contribution >= 0.6 is 0 Å². The summed E-state index contributed by atoms with van der Waals surface area (Å²) in [6, 6.07) is 5.75. The lowest BCUT2D eigenvalue weighted by Gasteiger charge is -2.39. The quantitative estimate of drug-likeness (QED) is 0.856. The summed E-state index contributed by atoms with van der Waals surface area (Å²) in [6.45, 7) is 8.82. The first-order valence-electron chi connectivity index (χ1n) is 7.96.